The molecular weight excluding hydrogens is 260 g/mol. The molecular formula is C9H8F4N2O3. The Morgan fingerprint density at radius 1 is 1.50 bits per heavy atom. The molecule has 1 rings (SSSR count). The normalized spacial score (nSPS) is 11.3. The highest BCUT2D eigenvalue weighted by Gasteiger charge is 2.34. The van der Waals surface area contributed by atoms with E-state index in [0.29, 0.717) is 0 Å². The molecule has 0 amide bonds. The van der Waals surface area contributed by atoms with Gasteiger partial charge in [0.2, 0.25) is 0 Å². The lowest BCUT2D eigenvalue weighted by Gasteiger charge is -2.15. The number of aromatic nitrogens is 1. The number of halogens is 4. The van der Waals surface area contributed by atoms with Crippen molar-refractivity contribution in [3.63, 3.8) is 0 Å². The molecule has 0 bridgehead atoms. The van der Waals surface area contributed by atoms with Crippen molar-refractivity contribution in [3.05, 3.63) is 17.3 Å². The van der Waals surface area contributed by atoms with E-state index in [-0.39, 0.29) is 5.56 Å². The summed E-state index contributed by atoms with van der Waals surface area (Å²) < 4.78 is 52.5. The Morgan fingerprint density at radius 3 is 2.56 bits per heavy atom. The van der Waals surface area contributed by atoms with Crippen LogP contribution in [0.3, 0.4) is 0 Å². The SMILES string of the molecule is Nc1ncc(CC(=O)O)c(CF)c1OC(F)(F)F. The zero-order valence-electron chi connectivity index (χ0n) is 8.79. The van der Waals surface area contributed by atoms with Gasteiger partial charge >= 0.3 is 12.3 Å². The second-order valence-corrected chi connectivity index (χ2v) is 3.23. The molecule has 0 atom stereocenters. The van der Waals surface area contributed by atoms with Crippen LogP contribution in [-0.4, -0.2) is 22.4 Å². The molecule has 0 aliphatic heterocycles. The Hall–Kier alpha value is -2.06. The Balaban J connectivity index is 3.25. The van der Waals surface area contributed by atoms with Crippen molar-refractivity contribution in [3.8, 4) is 5.75 Å². The average Bonchev–Trinajstić information content (AvgIpc) is 2.20. The fourth-order valence-electron chi connectivity index (χ4n) is 1.28. The first-order chi connectivity index (χ1) is 8.24. The van der Waals surface area contributed by atoms with E-state index in [9.17, 15) is 22.4 Å². The molecule has 0 unspecified atom stereocenters. The highest BCUT2D eigenvalue weighted by Crippen LogP contribution is 2.33. The van der Waals surface area contributed by atoms with Crippen LogP contribution in [0.2, 0.25) is 0 Å². The fraction of sp³-hybridized carbons (Fsp3) is 0.333. The third kappa shape index (κ3) is 3.47. The molecule has 5 nitrogen and oxygen atoms in total. The van der Waals surface area contributed by atoms with Gasteiger partial charge in [-0.3, -0.25) is 4.79 Å². The molecule has 3 N–H and O–H groups in total. The monoisotopic (exact) mass is 268 g/mol. The minimum absolute atomic E-state index is 0.224. The number of rotatable bonds is 4. The largest absolute Gasteiger partial charge is 0.573 e. The lowest BCUT2D eigenvalue weighted by atomic mass is 10.1. The zero-order chi connectivity index (χ0) is 13.9. The van der Waals surface area contributed by atoms with E-state index in [2.05, 4.69) is 9.72 Å². The average molecular weight is 268 g/mol. The zero-order valence-corrected chi connectivity index (χ0v) is 8.79. The Labute approximate surface area is 98.2 Å². The van der Waals surface area contributed by atoms with Crippen LogP contribution in [0.15, 0.2) is 6.20 Å². The van der Waals surface area contributed by atoms with E-state index < -0.39 is 42.6 Å². The van der Waals surface area contributed by atoms with Crippen LogP contribution < -0.4 is 10.5 Å². The summed E-state index contributed by atoms with van der Waals surface area (Å²) in [6.45, 7) is -1.35. The highest BCUT2D eigenvalue weighted by molar-refractivity contribution is 5.71. The third-order valence-electron chi connectivity index (χ3n) is 1.95. The van der Waals surface area contributed by atoms with Crippen LogP contribution in [0.1, 0.15) is 11.1 Å². The number of alkyl halides is 4. The molecule has 0 aromatic carbocycles. The second-order valence-electron chi connectivity index (χ2n) is 3.23. The summed E-state index contributed by atoms with van der Waals surface area (Å²) in [6.07, 6.45) is -4.84. The van der Waals surface area contributed by atoms with E-state index in [0.717, 1.165) is 6.20 Å². The standard InChI is InChI=1S/C9H8F4N2O3/c10-2-5-4(1-6(16)17)3-15-8(14)7(5)18-9(11,12)13/h3H,1-2H2,(H2,14,15)(H,16,17). The molecule has 1 aromatic heterocycles. The molecule has 0 saturated carbocycles. The molecule has 1 aromatic rings. The Morgan fingerprint density at radius 2 is 2.11 bits per heavy atom. The van der Waals surface area contributed by atoms with E-state index in [1.165, 1.54) is 0 Å². The summed E-state index contributed by atoms with van der Waals surface area (Å²) in [5.41, 5.74) is 4.36. The van der Waals surface area contributed by atoms with E-state index in [4.69, 9.17) is 10.8 Å². The third-order valence-corrected chi connectivity index (χ3v) is 1.95. The van der Waals surface area contributed by atoms with Crippen LogP contribution in [0.4, 0.5) is 23.4 Å². The number of nitrogens with two attached hydrogens (primary N) is 1. The van der Waals surface area contributed by atoms with Gasteiger partial charge in [-0.1, -0.05) is 0 Å². The van der Waals surface area contributed by atoms with Gasteiger partial charge in [-0.05, 0) is 5.56 Å². The highest BCUT2D eigenvalue weighted by atomic mass is 19.4. The van der Waals surface area contributed by atoms with Gasteiger partial charge in [-0.2, -0.15) is 0 Å². The lowest BCUT2D eigenvalue weighted by Crippen LogP contribution is -2.20. The molecule has 9 heteroatoms. The van der Waals surface area contributed by atoms with Crippen molar-refractivity contribution in [2.45, 2.75) is 19.5 Å². The van der Waals surface area contributed by atoms with E-state index in [1.807, 2.05) is 0 Å². The second kappa shape index (κ2) is 5.07. The number of anilines is 1. The van der Waals surface area contributed by atoms with Crippen molar-refractivity contribution in [2.24, 2.45) is 0 Å². The van der Waals surface area contributed by atoms with Crippen molar-refractivity contribution in [2.75, 3.05) is 5.73 Å². The summed E-state index contributed by atoms with van der Waals surface area (Å²) in [5.74, 6) is -2.99. The molecule has 0 radical (unpaired) electrons. The molecule has 0 saturated heterocycles. The summed E-state index contributed by atoms with van der Waals surface area (Å²) >= 11 is 0. The van der Waals surface area contributed by atoms with Gasteiger partial charge in [0.05, 0.1) is 6.42 Å². The summed E-state index contributed by atoms with van der Waals surface area (Å²) in [7, 11) is 0. The van der Waals surface area contributed by atoms with Crippen LogP contribution in [-0.2, 0) is 17.9 Å². The van der Waals surface area contributed by atoms with Crippen molar-refractivity contribution in [1.29, 1.82) is 0 Å². The maximum absolute atomic E-state index is 12.7. The van der Waals surface area contributed by atoms with Crippen molar-refractivity contribution in [1.82, 2.24) is 4.98 Å². The smallest absolute Gasteiger partial charge is 0.481 e. The van der Waals surface area contributed by atoms with Gasteiger partial charge in [0.15, 0.2) is 11.6 Å². The first-order valence-corrected chi connectivity index (χ1v) is 4.54. The predicted octanol–water partition coefficient (Wildman–Crippen LogP) is 1.66. The quantitative estimate of drug-likeness (QED) is 0.811. The molecule has 18 heavy (non-hydrogen) atoms. The first-order valence-electron chi connectivity index (χ1n) is 4.54. The van der Waals surface area contributed by atoms with Gasteiger partial charge in [0, 0.05) is 11.8 Å². The molecule has 0 spiro atoms. The lowest BCUT2D eigenvalue weighted by molar-refractivity contribution is -0.274. The van der Waals surface area contributed by atoms with Gasteiger partial charge in [0.1, 0.15) is 6.67 Å². The molecule has 0 fully saturated rings. The Kier molecular flexibility index (Phi) is 3.94. The molecule has 100 valence electrons. The number of ether oxygens (including phenoxy) is 1. The first kappa shape index (κ1) is 14.0. The summed E-state index contributed by atoms with van der Waals surface area (Å²) in [5, 5.41) is 8.54. The fourth-order valence-corrected chi connectivity index (χ4v) is 1.28. The van der Waals surface area contributed by atoms with E-state index in [1.54, 1.807) is 0 Å². The van der Waals surface area contributed by atoms with Crippen molar-refractivity contribution < 1.29 is 32.2 Å². The number of nitrogens with zero attached hydrogens (tertiary/aromatic N) is 1. The number of aliphatic carboxylic acids is 1. The van der Waals surface area contributed by atoms with Crippen LogP contribution in [0, 0.1) is 0 Å². The van der Waals surface area contributed by atoms with E-state index >= 15 is 0 Å². The van der Waals surface area contributed by atoms with Crippen LogP contribution in [0.5, 0.6) is 5.75 Å². The molecule has 0 aliphatic rings. The summed E-state index contributed by atoms with van der Waals surface area (Å²) in [4.78, 5) is 13.8. The number of carboxylic acid groups (broad SMARTS) is 1. The van der Waals surface area contributed by atoms with Crippen LogP contribution in [0.25, 0.3) is 0 Å². The van der Waals surface area contributed by atoms with Crippen LogP contribution >= 0.6 is 0 Å². The van der Waals surface area contributed by atoms with Gasteiger partial charge in [0.25, 0.3) is 0 Å². The number of carbonyl (C=O) groups is 1. The van der Waals surface area contributed by atoms with Gasteiger partial charge in [-0.25, -0.2) is 9.37 Å². The topological polar surface area (TPSA) is 85.4 Å². The molecule has 0 aliphatic carbocycles. The number of carboxylic acids is 1. The number of hydrogen-bond acceptors (Lipinski definition) is 4. The minimum Gasteiger partial charge on any atom is -0.481 e. The van der Waals surface area contributed by atoms with Gasteiger partial charge in [-0.15, -0.1) is 13.2 Å². The predicted molar refractivity (Wildman–Crippen MR) is 51.5 cm³/mol. The minimum atomic E-state index is -5.07. The molecule has 1 heterocycles. The van der Waals surface area contributed by atoms with Gasteiger partial charge < -0.3 is 15.6 Å². The Bertz CT molecular complexity index is 462. The number of hydrogen-bond donors (Lipinski definition) is 2. The number of nitrogen functional groups attached to an aromatic ring is 1. The number of pyridine rings is 1. The maximum Gasteiger partial charge on any atom is 0.573 e. The maximum atomic E-state index is 12.7. The van der Waals surface area contributed by atoms with Crippen molar-refractivity contribution >= 4 is 11.8 Å². The summed E-state index contributed by atoms with van der Waals surface area (Å²) in [6, 6.07) is 0.